The zero-order valence-corrected chi connectivity index (χ0v) is 17.9. The minimum atomic E-state index is -0.418. The molecule has 1 saturated heterocycles. The number of aromatic nitrogens is 2. The molecule has 1 aromatic carbocycles. The van der Waals surface area contributed by atoms with Crippen LogP contribution in [0.4, 0.5) is 4.79 Å². The van der Waals surface area contributed by atoms with Crippen LogP contribution in [0.3, 0.4) is 0 Å². The number of imidazole rings is 1. The fourth-order valence-corrected chi connectivity index (χ4v) is 4.61. The van der Waals surface area contributed by atoms with E-state index in [2.05, 4.69) is 9.97 Å². The van der Waals surface area contributed by atoms with E-state index in [9.17, 15) is 14.4 Å². The number of nitrogens with zero attached hydrogens (tertiary/aromatic N) is 2. The molecule has 0 saturated carbocycles. The highest BCUT2D eigenvalue weighted by Crippen LogP contribution is 2.35. The van der Waals surface area contributed by atoms with Gasteiger partial charge in [0.1, 0.15) is 5.76 Å². The average Bonchev–Trinajstić information content (AvgIpc) is 3.38. The molecule has 3 aromatic rings. The number of methoxy groups -OCH3 is 1. The van der Waals surface area contributed by atoms with Gasteiger partial charge in [0, 0.05) is 12.1 Å². The van der Waals surface area contributed by atoms with Crippen molar-refractivity contribution < 1.29 is 23.5 Å². The molecule has 1 aliphatic rings. The largest absolute Gasteiger partial charge is 0.465 e. The number of carbonyl (C=O) groups excluding carboxylic acids is 3. The molecule has 1 N–H and O–H groups in total. The molecule has 1 aliphatic heterocycles. The molecule has 4 rings (SSSR count). The number of benzene rings is 1. The molecule has 0 unspecified atom stereocenters. The first kappa shape index (κ1) is 20.3. The molecule has 2 amide bonds. The van der Waals surface area contributed by atoms with Crippen molar-refractivity contribution in [2.24, 2.45) is 0 Å². The number of furan rings is 1. The van der Waals surface area contributed by atoms with Crippen molar-refractivity contribution in [3.05, 3.63) is 46.6 Å². The van der Waals surface area contributed by atoms with Gasteiger partial charge >= 0.3 is 5.97 Å². The van der Waals surface area contributed by atoms with Crippen molar-refractivity contribution in [1.29, 1.82) is 0 Å². The summed E-state index contributed by atoms with van der Waals surface area (Å²) >= 11 is 2.17. The van der Waals surface area contributed by atoms with Crippen LogP contribution in [0.2, 0.25) is 0 Å². The maximum atomic E-state index is 12.4. The van der Waals surface area contributed by atoms with E-state index in [1.165, 1.54) is 23.8 Å². The summed E-state index contributed by atoms with van der Waals surface area (Å²) < 4.78 is 10.5. The Bertz CT molecular complexity index is 1190. The second-order valence-electron chi connectivity index (χ2n) is 6.67. The summed E-state index contributed by atoms with van der Waals surface area (Å²) in [5, 5.41) is 0.876. The Morgan fingerprint density at radius 2 is 2.10 bits per heavy atom. The Hall–Kier alpha value is -2.98. The van der Waals surface area contributed by atoms with Crippen molar-refractivity contribution in [1.82, 2.24) is 14.9 Å². The van der Waals surface area contributed by atoms with Crippen LogP contribution in [0.5, 0.6) is 0 Å². The molecule has 0 spiro atoms. The summed E-state index contributed by atoms with van der Waals surface area (Å²) in [5.41, 5.74) is 1.84. The van der Waals surface area contributed by atoms with E-state index in [1.807, 2.05) is 0 Å². The second kappa shape index (κ2) is 8.04. The lowest BCUT2D eigenvalue weighted by atomic mass is 10.2. The maximum Gasteiger partial charge on any atom is 0.337 e. The first-order valence-electron chi connectivity index (χ1n) is 8.98. The molecule has 1 fully saturated rings. The number of imide groups is 1. The topological polar surface area (TPSA) is 106 Å². The predicted octanol–water partition coefficient (Wildman–Crippen LogP) is 4.54. The lowest BCUT2D eigenvalue weighted by Gasteiger charge is -2.16. The Labute approximate surface area is 180 Å². The van der Waals surface area contributed by atoms with Crippen LogP contribution in [0.25, 0.3) is 17.1 Å². The Morgan fingerprint density at radius 1 is 1.30 bits per heavy atom. The SMILES string of the molecule is COC(=O)c1ccc2nc(Sc3ccc(/C=C4\SC(=O)N(C(C)C)C4=O)o3)[nH]c2c1. The van der Waals surface area contributed by atoms with Gasteiger partial charge in [-0.1, -0.05) is 0 Å². The molecular formula is C20H17N3O5S2. The summed E-state index contributed by atoms with van der Waals surface area (Å²) in [6.07, 6.45) is 1.57. The first-order valence-corrected chi connectivity index (χ1v) is 10.6. The number of H-pyrrole nitrogens is 1. The van der Waals surface area contributed by atoms with E-state index in [0.717, 1.165) is 11.8 Å². The molecule has 0 aliphatic carbocycles. The van der Waals surface area contributed by atoms with E-state index in [-0.39, 0.29) is 17.2 Å². The van der Waals surface area contributed by atoms with E-state index in [1.54, 1.807) is 50.3 Å². The van der Waals surface area contributed by atoms with Crippen LogP contribution in [0.15, 0.2) is 49.9 Å². The zero-order chi connectivity index (χ0) is 21.4. The third kappa shape index (κ3) is 3.88. The number of carbonyl (C=O) groups is 3. The Balaban J connectivity index is 1.52. The number of hydrogen-bond acceptors (Lipinski definition) is 8. The van der Waals surface area contributed by atoms with Gasteiger partial charge in [-0.25, -0.2) is 9.78 Å². The van der Waals surface area contributed by atoms with Crippen molar-refractivity contribution in [2.75, 3.05) is 7.11 Å². The molecule has 0 radical (unpaired) electrons. The number of esters is 1. The molecule has 10 heteroatoms. The molecule has 3 heterocycles. The van der Waals surface area contributed by atoms with E-state index in [0.29, 0.717) is 37.5 Å². The van der Waals surface area contributed by atoms with E-state index < -0.39 is 5.97 Å². The molecule has 0 atom stereocenters. The van der Waals surface area contributed by atoms with Gasteiger partial charge in [-0.05, 0) is 67.7 Å². The average molecular weight is 444 g/mol. The number of ether oxygens (including phenoxy) is 1. The van der Waals surface area contributed by atoms with Gasteiger partial charge in [0.15, 0.2) is 10.2 Å². The quantitative estimate of drug-likeness (QED) is 0.453. The lowest BCUT2D eigenvalue weighted by molar-refractivity contribution is -0.123. The maximum absolute atomic E-state index is 12.4. The third-order valence-corrected chi connectivity index (χ3v) is 5.98. The van der Waals surface area contributed by atoms with Gasteiger partial charge in [-0.15, -0.1) is 0 Å². The van der Waals surface area contributed by atoms with Gasteiger partial charge in [-0.2, -0.15) is 0 Å². The van der Waals surface area contributed by atoms with Crippen molar-refractivity contribution >= 4 is 57.7 Å². The number of amides is 2. The zero-order valence-electron chi connectivity index (χ0n) is 16.3. The van der Waals surface area contributed by atoms with Crippen molar-refractivity contribution in [2.45, 2.75) is 30.1 Å². The number of thioether (sulfide) groups is 1. The van der Waals surface area contributed by atoms with Gasteiger partial charge < -0.3 is 14.1 Å². The number of hydrogen-bond donors (Lipinski definition) is 1. The fourth-order valence-electron chi connectivity index (χ4n) is 2.90. The lowest BCUT2D eigenvalue weighted by Crippen LogP contribution is -2.34. The Morgan fingerprint density at radius 3 is 2.80 bits per heavy atom. The number of fused-ring (bicyclic) bond motifs is 1. The molecule has 154 valence electrons. The predicted molar refractivity (Wildman–Crippen MR) is 113 cm³/mol. The van der Waals surface area contributed by atoms with Crippen LogP contribution in [-0.2, 0) is 9.53 Å². The first-order chi connectivity index (χ1) is 14.4. The van der Waals surface area contributed by atoms with Crippen LogP contribution < -0.4 is 0 Å². The van der Waals surface area contributed by atoms with Crippen LogP contribution in [0.1, 0.15) is 30.0 Å². The minimum Gasteiger partial charge on any atom is -0.465 e. The number of rotatable bonds is 5. The Kier molecular flexibility index (Phi) is 5.44. The standard InChI is InChI=1S/C20H17N3O5S2/c1-10(2)23-17(24)15(29-20(23)26)9-12-5-7-16(28-12)30-19-21-13-6-4-11(18(25)27-3)8-14(13)22-19/h4-10H,1-3H3,(H,21,22)/b15-9-. The van der Waals surface area contributed by atoms with Crippen LogP contribution in [0, 0.1) is 0 Å². The smallest absolute Gasteiger partial charge is 0.337 e. The van der Waals surface area contributed by atoms with Crippen molar-refractivity contribution in [3.8, 4) is 0 Å². The summed E-state index contributed by atoms with van der Waals surface area (Å²) in [4.78, 5) is 45.2. The number of nitrogens with one attached hydrogen (secondary N) is 1. The van der Waals surface area contributed by atoms with Crippen molar-refractivity contribution in [3.63, 3.8) is 0 Å². The third-order valence-electron chi connectivity index (χ3n) is 4.29. The minimum absolute atomic E-state index is 0.195. The molecule has 2 aromatic heterocycles. The summed E-state index contributed by atoms with van der Waals surface area (Å²) in [6.45, 7) is 3.59. The molecular weight excluding hydrogens is 426 g/mol. The molecule has 30 heavy (non-hydrogen) atoms. The highest BCUT2D eigenvalue weighted by Gasteiger charge is 2.36. The molecule has 0 bridgehead atoms. The van der Waals surface area contributed by atoms with E-state index >= 15 is 0 Å². The van der Waals surface area contributed by atoms with Crippen LogP contribution >= 0.6 is 23.5 Å². The van der Waals surface area contributed by atoms with Gasteiger partial charge in [0.25, 0.3) is 11.1 Å². The highest BCUT2D eigenvalue weighted by atomic mass is 32.2. The summed E-state index contributed by atoms with van der Waals surface area (Å²) in [6, 6.07) is 8.36. The summed E-state index contributed by atoms with van der Waals surface area (Å²) in [5.74, 6) is -0.265. The second-order valence-corrected chi connectivity index (χ2v) is 8.66. The van der Waals surface area contributed by atoms with Crippen LogP contribution in [-0.4, -0.2) is 45.1 Å². The van der Waals surface area contributed by atoms with Gasteiger partial charge in [0.2, 0.25) is 0 Å². The van der Waals surface area contributed by atoms with Gasteiger partial charge in [0.05, 0.1) is 28.6 Å². The monoisotopic (exact) mass is 443 g/mol. The normalized spacial score (nSPS) is 15.7. The fraction of sp³-hybridized carbons (Fsp3) is 0.200. The number of aromatic amines is 1. The highest BCUT2D eigenvalue weighted by molar-refractivity contribution is 8.18. The molecule has 8 nitrogen and oxygen atoms in total. The summed E-state index contributed by atoms with van der Waals surface area (Å²) in [7, 11) is 1.33. The van der Waals surface area contributed by atoms with Gasteiger partial charge in [-0.3, -0.25) is 14.5 Å². The van der Waals surface area contributed by atoms with E-state index in [4.69, 9.17) is 9.15 Å².